The fraction of sp³-hybridized carbons (Fsp3) is 0.444. The van der Waals surface area contributed by atoms with Gasteiger partial charge in [0.1, 0.15) is 5.82 Å². The summed E-state index contributed by atoms with van der Waals surface area (Å²) in [5.74, 6) is 1.12. The molecule has 126 valence electrons. The zero-order valence-corrected chi connectivity index (χ0v) is 13.8. The number of piperidine rings is 1. The molecule has 3 rings (SSSR count). The zero-order chi connectivity index (χ0) is 16.8. The van der Waals surface area contributed by atoms with E-state index in [0.29, 0.717) is 18.2 Å². The monoisotopic (exact) mass is 325 g/mol. The van der Waals surface area contributed by atoms with Gasteiger partial charge in [0.25, 0.3) is 0 Å². The molecule has 0 radical (unpaired) electrons. The average Bonchev–Trinajstić information content (AvgIpc) is 2.63. The molecule has 24 heavy (non-hydrogen) atoms. The van der Waals surface area contributed by atoms with Crippen LogP contribution in [0.5, 0.6) is 0 Å². The molecule has 1 atom stereocenters. The Balaban J connectivity index is 1.53. The summed E-state index contributed by atoms with van der Waals surface area (Å²) >= 11 is 0. The maximum absolute atomic E-state index is 12.5. The summed E-state index contributed by atoms with van der Waals surface area (Å²) in [6.45, 7) is 1.63. The third-order valence-electron chi connectivity index (χ3n) is 4.51. The molecule has 6 heteroatoms. The lowest BCUT2D eigenvalue weighted by molar-refractivity contribution is -0.132. The molecule has 0 spiro atoms. The van der Waals surface area contributed by atoms with Crippen molar-refractivity contribution in [3.05, 3.63) is 48.2 Å². The van der Waals surface area contributed by atoms with Crippen molar-refractivity contribution in [2.45, 2.75) is 32.1 Å². The maximum Gasteiger partial charge on any atom is 0.222 e. The first-order chi connectivity index (χ1) is 11.7. The van der Waals surface area contributed by atoms with Crippen molar-refractivity contribution in [1.29, 1.82) is 0 Å². The van der Waals surface area contributed by atoms with Crippen LogP contribution < -0.4 is 5.73 Å². The number of carbonyl (C=O) groups excluding carboxylic acids is 1. The SMILES string of the molecule is Nc1nccnc1C[C@H]1CCCN(C(=O)CCc2cccnc2)C1. The molecule has 1 aliphatic rings. The first-order valence-corrected chi connectivity index (χ1v) is 8.44. The quantitative estimate of drug-likeness (QED) is 0.907. The van der Waals surface area contributed by atoms with Crippen LogP contribution in [-0.2, 0) is 17.6 Å². The van der Waals surface area contributed by atoms with Gasteiger partial charge in [-0.1, -0.05) is 6.07 Å². The largest absolute Gasteiger partial charge is 0.382 e. The number of nitrogens with two attached hydrogens (primary N) is 1. The molecule has 3 heterocycles. The topological polar surface area (TPSA) is 85.0 Å². The normalized spacial score (nSPS) is 17.7. The first-order valence-electron chi connectivity index (χ1n) is 8.44. The van der Waals surface area contributed by atoms with Crippen LogP contribution in [0.25, 0.3) is 0 Å². The molecule has 2 aromatic heterocycles. The van der Waals surface area contributed by atoms with Crippen molar-refractivity contribution in [3.63, 3.8) is 0 Å². The molecule has 1 amide bonds. The molecule has 0 saturated carbocycles. The number of hydrogen-bond acceptors (Lipinski definition) is 5. The molecule has 1 aliphatic heterocycles. The predicted octanol–water partition coefficient (Wildman–Crippen LogP) is 1.87. The predicted molar refractivity (Wildman–Crippen MR) is 92.0 cm³/mol. The summed E-state index contributed by atoms with van der Waals surface area (Å²) in [4.78, 5) is 27.0. The Bertz CT molecular complexity index is 676. The van der Waals surface area contributed by atoms with Gasteiger partial charge in [-0.25, -0.2) is 4.98 Å². The average molecular weight is 325 g/mol. The second-order valence-corrected chi connectivity index (χ2v) is 6.30. The number of likely N-dealkylation sites (tertiary alicyclic amines) is 1. The minimum atomic E-state index is 0.218. The lowest BCUT2D eigenvalue weighted by Gasteiger charge is -2.33. The first kappa shape index (κ1) is 16.4. The van der Waals surface area contributed by atoms with Crippen molar-refractivity contribution in [2.24, 2.45) is 5.92 Å². The molecule has 0 bridgehead atoms. The lowest BCUT2D eigenvalue weighted by Crippen LogP contribution is -2.40. The summed E-state index contributed by atoms with van der Waals surface area (Å²) in [5, 5.41) is 0. The zero-order valence-electron chi connectivity index (χ0n) is 13.8. The van der Waals surface area contributed by atoms with Crippen LogP contribution in [0.1, 0.15) is 30.5 Å². The Hall–Kier alpha value is -2.50. The van der Waals surface area contributed by atoms with E-state index in [0.717, 1.165) is 50.0 Å². The Morgan fingerprint density at radius 2 is 2.17 bits per heavy atom. The lowest BCUT2D eigenvalue weighted by atomic mass is 9.93. The number of aryl methyl sites for hydroxylation is 1. The number of nitrogens with zero attached hydrogens (tertiary/aromatic N) is 4. The van der Waals surface area contributed by atoms with Gasteiger partial charge in [-0.2, -0.15) is 0 Å². The van der Waals surface area contributed by atoms with Crippen LogP contribution in [0, 0.1) is 5.92 Å². The molecule has 0 aliphatic carbocycles. The molecule has 2 aromatic rings. The maximum atomic E-state index is 12.5. The van der Waals surface area contributed by atoms with Gasteiger partial charge in [-0.15, -0.1) is 0 Å². The highest BCUT2D eigenvalue weighted by Gasteiger charge is 2.24. The van der Waals surface area contributed by atoms with Gasteiger partial charge in [0.15, 0.2) is 0 Å². The van der Waals surface area contributed by atoms with Crippen LogP contribution in [0.2, 0.25) is 0 Å². The number of rotatable bonds is 5. The molecular weight excluding hydrogens is 302 g/mol. The number of aromatic nitrogens is 3. The minimum absolute atomic E-state index is 0.218. The van der Waals surface area contributed by atoms with Crippen LogP contribution in [0.3, 0.4) is 0 Å². The number of anilines is 1. The van der Waals surface area contributed by atoms with E-state index in [9.17, 15) is 4.79 Å². The van der Waals surface area contributed by atoms with E-state index < -0.39 is 0 Å². The van der Waals surface area contributed by atoms with E-state index in [-0.39, 0.29) is 5.91 Å². The van der Waals surface area contributed by atoms with Gasteiger partial charge in [0.05, 0.1) is 5.69 Å². The Morgan fingerprint density at radius 3 is 2.96 bits per heavy atom. The highest BCUT2D eigenvalue weighted by Crippen LogP contribution is 2.22. The van der Waals surface area contributed by atoms with E-state index in [1.807, 2.05) is 23.2 Å². The van der Waals surface area contributed by atoms with E-state index in [2.05, 4.69) is 15.0 Å². The van der Waals surface area contributed by atoms with Crippen molar-refractivity contribution >= 4 is 11.7 Å². The van der Waals surface area contributed by atoms with E-state index in [1.54, 1.807) is 18.6 Å². The van der Waals surface area contributed by atoms with Crippen LogP contribution in [0.4, 0.5) is 5.82 Å². The Morgan fingerprint density at radius 1 is 1.29 bits per heavy atom. The summed E-state index contributed by atoms with van der Waals surface area (Å²) in [6, 6.07) is 3.91. The Kier molecular flexibility index (Phi) is 5.36. The third-order valence-corrected chi connectivity index (χ3v) is 4.51. The fourth-order valence-electron chi connectivity index (χ4n) is 3.22. The highest BCUT2D eigenvalue weighted by molar-refractivity contribution is 5.76. The van der Waals surface area contributed by atoms with Crippen LogP contribution in [0.15, 0.2) is 36.9 Å². The number of amides is 1. The van der Waals surface area contributed by atoms with Gasteiger partial charge >= 0.3 is 0 Å². The summed E-state index contributed by atoms with van der Waals surface area (Å²) in [7, 11) is 0. The molecule has 2 N–H and O–H groups in total. The van der Waals surface area contributed by atoms with E-state index in [1.165, 1.54) is 0 Å². The van der Waals surface area contributed by atoms with Gasteiger partial charge in [0.2, 0.25) is 5.91 Å². The molecule has 6 nitrogen and oxygen atoms in total. The van der Waals surface area contributed by atoms with E-state index in [4.69, 9.17) is 5.73 Å². The third kappa shape index (κ3) is 4.28. The number of nitrogen functional groups attached to an aromatic ring is 1. The fourth-order valence-corrected chi connectivity index (χ4v) is 3.22. The Labute approximate surface area is 142 Å². The second-order valence-electron chi connectivity index (χ2n) is 6.30. The van der Waals surface area contributed by atoms with Gasteiger partial charge in [0, 0.05) is 44.3 Å². The van der Waals surface area contributed by atoms with Crippen molar-refractivity contribution in [1.82, 2.24) is 19.9 Å². The van der Waals surface area contributed by atoms with Gasteiger partial charge in [-0.05, 0) is 43.2 Å². The molecule has 0 unspecified atom stereocenters. The number of hydrogen-bond donors (Lipinski definition) is 1. The number of carbonyl (C=O) groups is 1. The van der Waals surface area contributed by atoms with Gasteiger partial charge in [-0.3, -0.25) is 14.8 Å². The van der Waals surface area contributed by atoms with Crippen molar-refractivity contribution < 1.29 is 4.79 Å². The number of pyridine rings is 1. The second kappa shape index (κ2) is 7.86. The van der Waals surface area contributed by atoms with Crippen LogP contribution in [-0.4, -0.2) is 38.8 Å². The minimum Gasteiger partial charge on any atom is -0.382 e. The van der Waals surface area contributed by atoms with Crippen molar-refractivity contribution in [2.75, 3.05) is 18.8 Å². The van der Waals surface area contributed by atoms with Crippen LogP contribution >= 0.6 is 0 Å². The summed E-state index contributed by atoms with van der Waals surface area (Å²) < 4.78 is 0. The summed E-state index contributed by atoms with van der Waals surface area (Å²) in [5.41, 5.74) is 7.83. The van der Waals surface area contributed by atoms with E-state index >= 15 is 0 Å². The van der Waals surface area contributed by atoms with Crippen molar-refractivity contribution in [3.8, 4) is 0 Å². The molecule has 1 fully saturated rings. The molecule has 1 saturated heterocycles. The smallest absolute Gasteiger partial charge is 0.222 e. The molecule has 0 aromatic carbocycles. The summed E-state index contributed by atoms with van der Waals surface area (Å²) in [6.07, 6.45) is 11.0. The molecular formula is C18H23N5O. The standard InChI is InChI=1S/C18H23N5O/c19-18-16(21-8-9-22-18)11-15-4-2-10-23(13-15)17(24)6-5-14-3-1-7-20-12-14/h1,3,7-9,12,15H,2,4-6,10-11,13H2,(H2,19,22)/t15-/m1/s1. The van der Waals surface area contributed by atoms with Gasteiger partial charge < -0.3 is 10.6 Å². The highest BCUT2D eigenvalue weighted by atomic mass is 16.2.